The predicted molar refractivity (Wildman–Crippen MR) is 115 cm³/mol. The number of nitrogens with zero attached hydrogens (tertiary/aromatic N) is 2. The molecule has 1 fully saturated rings. The van der Waals surface area contributed by atoms with Crippen LogP contribution in [0.2, 0.25) is 0 Å². The molecule has 4 rings (SSSR count). The summed E-state index contributed by atoms with van der Waals surface area (Å²) in [5.41, 5.74) is 0.847. The van der Waals surface area contributed by atoms with Crippen molar-refractivity contribution in [1.29, 1.82) is 0 Å². The van der Waals surface area contributed by atoms with Crippen LogP contribution in [-0.2, 0) is 15.3 Å². The summed E-state index contributed by atoms with van der Waals surface area (Å²) in [5, 5.41) is 7.54. The molecule has 3 heterocycles. The second-order valence-electron chi connectivity index (χ2n) is 8.82. The molecule has 31 heavy (non-hydrogen) atoms. The third kappa shape index (κ3) is 4.34. The molecule has 1 saturated heterocycles. The zero-order valence-electron chi connectivity index (χ0n) is 18.1. The monoisotopic (exact) mass is 449 g/mol. The lowest BCUT2D eigenvalue weighted by Gasteiger charge is -2.21. The second-order valence-corrected chi connectivity index (χ2v) is 11.1. The maximum atomic E-state index is 13.1. The Hall–Kier alpha value is -2.75. The maximum Gasteiger partial charge on any atom is 0.257 e. The SMILES string of the molecule is COc1cc(C(=O)Nc2cc(C(C)(C)C)nn2C2CCS(=O)(=O)C2)cc2c1OCCO2. The number of rotatable bonds is 4. The molecule has 10 heteroatoms. The van der Waals surface area contributed by atoms with Crippen LogP contribution in [0.3, 0.4) is 0 Å². The number of anilines is 1. The third-order valence-electron chi connectivity index (χ3n) is 5.39. The first-order valence-electron chi connectivity index (χ1n) is 10.2. The summed E-state index contributed by atoms with van der Waals surface area (Å²) in [6.07, 6.45) is 0.467. The first-order valence-corrected chi connectivity index (χ1v) is 12.0. The molecule has 168 valence electrons. The van der Waals surface area contributed by atoms with Gasteiger partial charge in [-0.1, -0.05) is 20.8 Å². The van der Waals surface area contributed by atoms with Gasteiger partial charge in [-0.3, -0.25) is 4.79 Å². The van der Waals surface area contributed by atoms with Crippen LogP contribution in [0.1, 0.15) is 49.3 Å². The second kappa shape index (κ2) is 7.74. The van der Waals surface area contributed by atoms with Crippen molar-refractivity contribution in [3.8, 4) is 17.2 Å². The van der Waals surface area contributed by atoms with E-state index in [1.807, 2.05) is 20.8 Å². The number of aromatic nitrogens is 2. The number of carbonyl (C=O) groups excluding carboxylic acids is 1. The molecule has 1 amide bonds. The number of fused-ring (bicyclic) bond motifs is 1. The molecule has 0 radical (unpaired) electrons. The minimum Gasteiger partial charge on any atom is -0.493 e. The Morgan fingerprint density at radius 1 is 1.23 bits per heavy atom. The molecule has 1 aromatic carbocycles. The first-order chi connectivity index (χ1) is 14.6. The molecule has 2 aliphatic heterocycles. The van der Waals surface area contributed by atoms with Gasteiger partial charge in [-0.05, 0) is 18.6 Å². The van der Waals surface area contributed by atoms with Gasteiger partial charge < -0.3 is 19.5 Å². The summed E-state index contributed by atoms with van der Waals surface area (Å²) in [6.45, 7) is 6.85. The smallest absolute Gasteiger partial charge is 0.257 e. The van der Waals surface area contributed by atoms with Crippen molar-refractivity contribution >= 4 is 21.6 Å². The molecular weight excluding hydrogens is 422 g/mol. The lowest BCUT2D eigenvalue weighted by molar-refractivity contribution is 0.102. The van der Waals surface area contributed by atoms with E-state index < -0.39 is 9.84 Å². The Kier molecular flexibility index (Phi) is 5.36. The van der Waals surface area contributed by atoms with Crippen LogP contribution in [0.25, 0.3) is 0 Å². The molecule has 0 aliphatic carbocycles. The summed E-state index contributed by atoms with van der Waals surface area (Å²) >= 11 is 0. The van der Waals surface area contributed by atoms with E-state index in [0.29, 0.717) is 48.3 Å². The van der Waals surface area contributed by atoms with E-state index in [0.717, 1.165) is 5.69 Å². The molecule has 0 bridgehead atoms. The van der Waals surface area contributed by atoms with Gasteiger partial charge in [0, 0.05) is 17.0 Å². The molecule has 2 aromatic rings. The zero-order chi connectivity index (χ0) is 22.4. The van der Waals surface area contributed by atoms with Gasteiger partial charge in [0.05, 0.1) is 30.4 Å². The van der Waals surface area contributed by atoms with Crippen molar-refractivity contribution in [1.82, 2.24) is 9.78 Å². The highest BCUT2D eigenvalue weighted by Crippen LogP contribution is 2.40. The van der Waals surface area contributed by atoms with E-state index in [1.165, 1.54) is 7.11 Å². The van der Waals surface area contributed by atoms with Crippen molar-refractivity contribution < 1.29 is 27.4 Å². The van der Waals surface area contributed by atoms with E-state index in [4.69, 9.17) is 14.2 Å². The molecule has 1 aromatic heterocycles. The van der Waals surface area contributed by atoms with E-state index in [-0.39, 0.29) is 28.9 Å². The van der Waals surface area contributed by atoms with Crippen molar-refractivity contribution in [3.63, 3.8) is 0 Å². The zero-order valence-corrected chi connectivity index (χ0v) is 18.9. The van der Waals surface area contributed by atoms with Gasteiger partial charge >= 0.3 is 0 Å². The fourth-order valence-corrected chi connectivity index (χ4v) is 5.39. The van der Waals surface area contributed by atoms with E-state index >= 15 is 0 Å². The van der Waals surface area contributed by atoms with E-state index in [2.05, 4.69) is 10.4 Å². The van der Waals surface area contributed by atoms with Crippen molar-refractivity contribution in [3.05, 3.63) is 29.5 Å². The topological polar surface area (TPSA) is 109 Å². The number of benzene rings is 1. The third-order valence-corrected chi connectivity index (χ3v) is 7.14. The van der Waals surface area contributed by atoms with E-state index in [9.17, 15) is 13.2 Å². The van der Waals surface area contributed by atoms with Gasteiger partial charge in [-0.2, -0.15) is 5.10 Å². The van der Waals surface area contributed by atoms with Crippen molar-refractivity contribution in [2.75, 3.05) is 37.1 Å². The summed E-state index contributed by atoms with van der Waals surface area (Å²) in [7, 11) is -1.61. The first kappa shape index (κ1) is 21.5. The van der Waals surface area contributed by atoms with Gasteiger partial charge in [0.1, 0.15) is 19.0 Å². The van der Waals surface area contributed by atoms with Gasteiger partial charge in [0.2, 0.25) is 5.75 Å². The van der Waals surface area contributed by atoms with Crippen LogP contribution in [0.4, 0.5) is 5.82 Å². The fourth-order valence-electron chi connectivity index (χ4n) is 3.69. The number of carbonyl (C=O) groups is 1. The summed E-state index contributed by atoms with van der Waals surface area (Å²) in [6, 6.07) is 4.69. The molecule has 0 spiro atoms. The molecule has 0 saturated carbocycles. The lowest BCUT2D eigenvalue weighted by atomic mass is 9.92. The summed E-state index contributed by atoms with van der Waals surface area (Å²) in [5.74, 6) is 1.55. The van der Waals surface area contributed by atoms with Crippen LogP contribution in [-0.4, -0.2) is 55.9 Å². The Bertz CT molecular complexity index is 1100. The summed E-state index contributed by atoms with van der Waals surface area (Å²) < 4.78 is 42.2. The highest BCUT2D eigenvalue weighted by Gasteiger charge is 2.33. The minimum absolute atomic E-state index is 0.0129. The number of sulfone groups is 1. The van der Waals surface area contributed by atoms with Gasteiger partial charge in [-0.25, -0.2) is 13.1 Å². The van der Waals surface area contributed by atoms with Gasteiger partial charge in [0.25, 0.3) is 5.91 Å². The molecule has 1 N–H and O–H groups in total. The average Bonchev–Trinajstić information content (AvgIpc) is 3.29. The number of ether oxygens (including phenoxy) is 3. The van der Waals surface area contributed by atoms with Crippen LogP contribution in [0.5, 0.6) is 17.2 Å². The molecule has 2 aliphatic rings. The Morgan fingerprint density at radius 2 is 1.97 bits per heavy atom. The predicted octanol–water partition coefficient (Wildman–Crippen LogP) is 2.57. The number of nitrogens with one attached hydrogen (secondary N) is 1. The molecular formula is C21H27N3O6S. The number of hydrogen-bond acceptors (Lipinski definition) is 7. The van der Waals surface area contributed by atoms with Gasteiger partial charge in [-0.15, -0.1) is 0 Å². The fraction of sp³-hybridized carbons (Fsp3) is 0.524. The summed E-state index contributed by atoms with van der Waals surface area (Å²) in [4.78, 5) is 13.1. The van der Waals surface area contributed by atoms with E-state index in [1.54, 1.807) is 22.9 Å². The van der Waals surface area contributed by atoms with Crippen molar-refractivity contribution in [2.45, 2.75) is 38.6 Å². The van der Waals surface area contributed by atoms with Crippen LogP contribution >= 0.6 is 0 Å². The highest BCUT2D eigenvalue weighted by atomic mass is 32.2. The molecule has 9 nitrogen and oxygen atoms in total. The largest absolute Gasteiger partial charge is 0.493 e. The quantitative estimate of drug-likeness (QED) is 0.764. The average molecular weight is 450 g/mol. The molecule has 1 unspecified atom stereocenters. The van der Waals surface area contributed by atoms with Gasteiger partial charge in [0.15, 0.2) is 21.3 Å². The normalized spacial score (nSPS) is 19.8. The number of methoxy groups -OCH3 is 1. The Labute approximate surface area is 181 Å². The highest BCUT2D eigenvalue weighted by molar-refractivity contribution is 7.91. The minimum atomic E-state index is -3.11. The number of hydrogen-bond donors (Lipinski definition) is 1. The lowest BCUT2D eigenvalue weighted by Crippen LogP contribution is -2.21. The molecule has 1 atom stereocenters. The Morgan fingerprint density at radius 3 is 2.61 bits per heavy atom. The Balaban J connectivity index is 1.67. The van der Waals surface area contributed by atoms with Crippen molar-refractivity contribution in [2.24, 2.45) is 0 Å². The number of amides is 1. The standard InChI is InChI=1S/C21H27N3O6S/c1-21(2,3)17-11-18(24(23-17)14-5-8-31(26,27)12-14)22-20(25)13-9-15(28-4)19-16(10-13)29-6-7-30-19/h9-11,14H,5-8,12H2,1-4H3,(H,22,25). The maximum absolute atomic E-state index is 13.1. The van der Waals surface area contributed by atoms with Crippen LogP contribution in [0, 0.1) is 0 Å². The van der Waals surface area contributed by atoms with Crippen LogP contribution in [0.15, 0.2) is 18.2 Å². The van der Waals surface area contributed by atoms with Crippen LogP contribution < -0.4 is 19.5 Å².